The first kappa shape index (κ1) is 9.45. The molecule has 2 aromatic rings. The van der Waals surface area contributed by atoms with Crippen molar-refractivity contribution in [3.8, 4) is 5.75 Å². The van der Waals surface area contributed by atoms with Gasteiger partial charge >= 0.3 is 0 Å². The third-order valence-electron chi connectivity index (χ3n) is 2.05. The maximum atomic E-state index is 5.10. The maximum absolute atomic E-state index is 5.10. The molecule has 1 aromatic carbocycles. The van der Waals surface area contributed by atoms with E-state index in [2.05, 4.69) is 15.5 Å². The van der Waals surface area contributed by atoms with E-state index in [4.69, 9.17) is 15.1 Å². The molecule has 0 fully saturated rings. The average Bonchev–Trinajstić information content (AvgIpc) is 2.68. The molecule has 0 unspecified atom stereocenters. The van der Waals surface area contributed by atoms with E-state index in [-0.39, 0.29) is 0 Å². The van der Waals surface area contributed by atoms with Gasteiger partial charge in [0.25, 0.3) is 0 Å². The summed E-state index contributed by atoms with van der Waals surface area (Å²) < 4.78 is 10.2. The zero-order valence-corrected chi connectivity index (χ0v) is 8.17. The van der Waals surface area contributed by atoms with Crippen LogP contribution in [-0.2, 0) is 6.54 Å². The molecule has 0 radical (unpaired) electrons. The summed E-state index contributed by atoms with van der Waals surface area (Å²) in [4.78, 5) is 0. The SMILES string of the molecule is COc1ccc2onc(CN=NN)c2c1. The van der Waals surface area contributed by atoms with Gasteiger partial charge in [0.1, 0.15) is 18.0 Å². The van der Waals surface area contributed by atoms with Crippen molar-refractivity contribution in [2.45, 2.75) is 6.54 Å². The predicted molar refractivity (Wildman–Crippen MR) is 53.3 cm³/mol. The van der Waals surface area contributed by atoms with E-state index in [0.29, 0.717) is 17.8 Å². The Kier molecular flexibility index (Phi) is 2.49. The van der Waals surface area contributed by atoms with E-state index >= 15 is 0 Å². The van der Waals surface area contributed by atoms with E-state index in [9.17, 15) is 0 Å². The summed E-state index contributed by atoms with van der Waals surface area (Å²) in [5.41, 5.74) is 1.39. The molecule has 0 atom stereocenters. The normalized spacial score (nSPS) is 11.3. The Bertz CT molecular complexity index is 492. The molecule has 1 heterocycles. The second-order valence-corrected chi connectivity index (χ2v) is 2.91. The van der Waals surface area contributed by atoms with Gasteiger partial charge in [0, 0.05) is 0 Å². The number of hydrogen-bond donors (Lipinski definition) is 1. The zero-order chi connectivity index (χ0) is 10.7. The fraction of sp³-hybridized carbons (Fsp3) is 0.222. The predicted octanol–water partition coefficient (Wildman–Crippen LogP) is 1.66. The molecule has 0 bridgehead atoms. The molecular formula is C9H10N4O2. The molecule has 78 valence electrons. The molecule has 2 N–H and O–H groups in total. The van der Waals surface area contributed by atoms with Crippen LogP contribution in [0.15, 0.2) is 33.1 Å². The largest absolute Gasteiger partial charge is 0.497 e. The van der Waals surface area contributed by atoms with Crippen LogP contribution in [0.4, 0.5) is 0 Å². The third kappa shape index (κ3) is 1.74. The van der Waals surface area contributed by atoms with Crippen molar-refractivity contribution in [2.75, 3.05) is 7.11 Å². The van der Waals surface area contributed by atoms with Crippen LogP contribution in [0.1, 0.15) is 5.69 Å². The van der Waals surface area contributed by atoms with Gasteiger partial charge in [0.2, 0.25) is 0 Å². The summed E-state index contributed by atoms with van der Waals surface area (Å²) in [5, 5.41) is 11.6. The highest BCUT2D eigenvalue weighted by atomic mass is 16.5. The highest BCUT2D eigenvalue weighted by Gasteiger charge is 2.08. The highest BCUT2D eigenvalue weighted by Crippen LogP contribution is 2.24. The molecule has 6 nitrogen and oxygen atoms in total. The summed E-state index contributed by atoms with van der Waals surface area (Å²) in [6.07, 6.45) is 0. The maximum Gasteiger partial charge on any atom is 0.167 e. The van der Waals surface area contributed by atoms with Crippen molar-refractivity contribution in [3.05, 3.63) is 23.9 Å². The minimum absolute atomic E-state index is 0.302. The molecule has 0 aliphatic rings. The van der Waals surface area contributed by atoms with Crippen molar-refractivity contribution in [1.29, 1.82) is 0 Å². The molecule has 0 saturated heterocycles. The topological polar surface area (TPSA) is 86.0 Å². The summed E-state index contributed by atoms with van der Waals surface area (Å²) in [5.74, 6) is 5.67. The number of hydrogen-bond acceptors (Lipinski definition) is 5. The molecule has 1 aromatic heterocycles. The monoisotopic (exact) mass is 206 g/mol. The van der Waals surface area contributed by atoms with Crippen molar-refractivity contribution in [3.63, 3.8) is 0 Å². The first-order valence-corrected chi connectivity index (χ1v) is 4.34. The number of rotatable bonds is 3. The zero-order valence-electron chi connectivity index (χ0n) is 8.17. The molecular weight excluding hydrogens is 196 g/mol. The Morgan fingerprint density at radius 2 is 2.40 bits per heavy atom. The summed E-state index contributed by atoms with van der Waals surface area (Å²) in [7, 11) is 1.61. The highest BCUT2D eigenvalue weighted by molar-refractivity contribution is 5.80. The molecule has 0 saturated carbocycles. The fourth-order valence-electron chi connectivity index (χ4n) is 1.32. The number of aromatic nitrogens is 1. The van der Waals surface area contributed by atoms with Crippen molar-refractivity contribution >= 4 is 11.0 Å². The molecule has 15 heavy (non-hydrogen) atoms. The number of methoxy groups -OCH3 is 1. The van der Waals surface area contributed by atoms with E-state index < -0.39 is 0 Å². The summed E-state index contributed by atoms with van der Waals surface area (Å²) >= 11 is 0. The van der Waals surface area contributed by atoms with Gasteiger partial charge in [0.05, 0.1) is 12.5 Å². The number of benzene rings is 1. The first-order chi connectivity index (χ1) is 7.35. The molecule has 2 rings (SSSR count). The van der Waals surface area contributed by atoms with E-state index in [0.717, 1.165) is 11.1 Å². The standard InChI is InChI=1S/C9H10N4O2/c1-14-6-2-3-9-7(4-6)8(12-15-9)5-11-13-10/h2-4H,5H2,1H3,(H2,10,11). The Balaban J connectivity index is 2.46. The first-order valence-electron chi connectivity index (χ1n) is 4.34. The number of nitrogens with two attached hydrogens (primary N) is 1. The van der Waals surface area contributed by atoms with E-state index in [1.165, 1.54) is 0 Å². The number of ether oxygens (including phenoxy) is 1. The second kappa shape index (κ2) is 3.95. The lowest BCUT2D eigenvalue weighted by Crippen LogP contribution is -1.85. The molecule has 0 spiro atoms. The minimum atomic E-state index is 0.302. The van der Waals surface area contributed by atoms with Crippen LogP contribution in [-0.4, -0.2) is 12.3 Å². The van der Waals surface area contributed by atoms with Crippen LogP contribution in [0.25, 0.3) is 11.0 Å². The van der Waals surface area contributed by atoms with Crippen molar-refractivity contribution < 1.29 is 9.26 Å². The summed E-state index contributed by atoms with van der Waals surface area (Å²) in [6.45, 7) is 0.302. The van der Waals surface area contributed by atoms with Crippen LogP contribution < -0.4 is 10.6 Å². The number of nitrogens with zero attached hydrogens (tertiary/aromatic N) is 3. The number of fused-ring (bicyclic) bond motifs is 1. The second-order valence-electron chi connectivity index (χ2n) is 2.91. The average molecular weight is 206 g/mol. The minimum Gasteiger partial charge on any atom is -0.497 e. The van der Waals surface area contributed by atoms with Crippen LogP contribution in [0.3, 0.4) is 0 Å². The van der Waals surface area contributed by atoms with Gasteiger partial charge in [-0.05, 0) is 18.2 Å². The van der Waals surface area contributed by atoms with E-state index in [1.807, 2.05) is 12.1 Å². The lowest BCUT2D eigenvalue weighted by atomic mass is 10.2. The fourth-order valence-corrected chi connectivity index (χ4v) is 1.32. The summed E-state index contributed by atoms with van der Waals surface area (Å²) in [6, 6.07) is 5.44. The van der Waals surface area contributed by atoms with Gasteiger partial charge in [-0.1, -0.05) is 10.4 Å². The smallest absolute Gasteiger partial charge is 0.167 e. The van der Waals surface area contributed by atoms with E-state index in [1.54, 1.807) is 13.2 Å². The molecule has 0 amide bonds. The van der Waals surface area contributed by atoms with Crippen LogP contribution in [0, 0.1) is 0 Å². The molecule has 0 aliphatic heterocycles. The van der Waals surface area contributed by atoms with Crippen molar-refractivity contribution in [2.24, 2.45) is 16.2 Å². The lowest BCUT2D eigenvalue weighted by molar-refractivity contribution is 0.415. The molecule has 0 aliphatic carbocycles. The van der Waals surface area contributed by atoms with Crippen LogP contribution >= 0.6 is 0 Å². The molecule has 6 heteroatoms. The Hall–Kier alpha value is -2.11. The van der Waals surface area contributed by atoms with Gasteiger partial charge in [-0.25, -0.2) is 0 Å². The van der Waals surface area contributed by atoms with Gasteiger partial charge in [-0.2, -0.15) is 5.11 Å². The van der Waals surface area contributed by atoms with Gasteiger partial charge in [0.15, 0.2) is 5.58 Å². The van der Waals surface area contributed by atoms with Crippen molar-refractivity contribution in [1.82, 2.24) is 5.16 Å². The van der Waals surface area contributed by atoms with Crippen LogP contribution in [0.2, 0.25) is 0 Å². The van der Waals surface area contributed by atoms with Crippen LogP contribution in [0.5, 0.6) is 5.75 Å². The Morgan fingerprint density at radius 1 is 1.53 bits per heavy atom. The van der Waals surface area contributed by atoms with Gasteiger partial charge < -0.3 is 15.1 Å². The lowest BCUT2D eigenvalue weighted by Gasteiger charge is -1.97. The van der Waals surface area contributed by atoms with Gasteiger partial charge in [-0.15, -0.1) is 0 Å². The Morgan fingerprint density at radius 3 is 3.13 bits per heavy atom. The Labute approximate surface area is 85.7 Å². The third-order valence-corrected chi connectivity index (χ3v) is 2.05. The van der Waals surface area contributed by atoms with Gasteiger partial charge in [-0.3, -0.25) is 0 Å². The quantitative estimate of drug-likeness (QED) is 0.470.